The van der Waals surface area contributed by atoms with Crippen LogP contribution in [0.3, 0.4) is 0 Å². The highest BCUT2D eigenvalue weighted by molar-refractivity contribution is 8.18. The number of thiophene rings is 1. The van der Waals surface area contributed by atoms with E-state index in [0.717, 1.165) is 35.0 Å². The lowest BCUT2D eigenvalue weighted by molar-refractivity contribution is -0.124. The average Bonchev–Trinajstić information content (AvgIpc) is 3.45. The maximum atomic E-state index is 12.4. The highest BCUT2D eigenvalue weighted by Gasteiger charge is 2.34. The van der Waals surface area contributed by atoms with Crippen LogP contribution in [0.25, 0.3) is 17.0 Å². The second kappa shape index (κ2) is 9.32. The van der Waals surface area contributed by atoms with Gasteiger partial charge in [-0.1, -0.05) is 24.3 Å². The fourth-order valence-corrected chi connectivity index (χ4v) is 4.96. The third kappa shape index (κ3) is 4.66. The number of imide groups is 1. The molecule has 1 aromatic carbocycles. The molecule has 3 aromatic rings. The van der Waals surface area contributed by atoms with E-state index >= 15 is 0 Å². The van der Waals surface area contributed by atoms with Gasteiger partial charge >= 0.3 is 0 Å². The van der Waals surface area contributed by atoms with Crippen LogP contribution in [0.4, 0.5) is 4.79 Å². The predicted molar refractivity (Wildman–Crippen MR) is 121 cm³/mol. The Morgan fingerprint density at radius 3 is 2.87 bits per heavy atom. The van der Waals surface area contributed by atoms with E-state index in [1.807, 2.05) is 41.9 Å². The lowest BCUT2D eigenvalue weighted by atomic mass is 10.1. The summed E-state index contributed by atoms with van der Waals surface area (Å²) in [6.07, 6.45) is 5.68. The number of nitrogens with one attached hydrogen (secondary N) is 2. The molecule has 1 aliphatic rings. The van der Waals surface area contributed by atoms with Crippen molar-refractivity contribution in [1.82, 2.24) is 15.2 Å². The zero-order valence-corrected chi connectivity index (χ0v) is 17.9. The highest BCUT2D eigenvalue weighted by atomic mass is 32.2. The number of aromatic amines is 1. The molecular formula is C22H21N3O3S2. The Bertz CT molecular complexity index is 1100. The van der Waals surface area contributed by atoms with Crippen LogP contribution in [0, 0.1) is 0 Å². The minimum absolute atomic E-state index is 0.0732. The van der Waals surface area contributed by atoms with Gasteiger partial charge in [0.2, 0.25) is 5.91 Å². The van der Waals surface area contributed by atoms with Crippen molar-refractivity contribution >= 4 is 57.1 Å². The fourth-order valence-electron chi connectivity index (χ4n) is 3.37. The van der Waals surface area contributed by atoms with E-state index in [9.17, 15) is 14.4 Å². The SMILES string of the molecule is O=C(CCCc1c[nH]c2ccccc12)NCCN1C(=O)SC(=Cc2cccs2)C1=O. The number of nitrogens with zero attached hydrogens (tertiary/aromatic N) is 1. The van der Waals surface area contributed by atoms with Gasteiger partial charge in [-0.15, -0.1) is 11.3 Å². The first-order valence-electron chi connectivity index (χ1n) is 9.72. The van der Waals surface area contributed by atoms with Crippen molar-refractivity contribution in [2.24, 2.45) is 0 Å². The van der Waals surface area contributed by atoms with Gasteiger partial charge in [-0.25, -0.2) is 0 Å². The van der Waals surface area contributed by atoms with E-state index in [-0.39, 0.29) is 30.1 Å². The van der Waals surface area contributed by atoms with E-state index in [1.165, 1.54) is 27.2 Å². The number of rotatable bonds is 8. The molecule has 0 saturated carbocycles. The number of carbonyl (C=O) groups is 3. The van der Waals surface area contributed by atoms with Crippen LogP contribution in [0.15, 0.2) is 52.9 Å². The van der Waals surface area contributed by atoms with Crippen LogP contribution in [0.5, 0.6) is 0 Å². The summed E-state index contributed by atoms with van der Waals surface area (Å²) >= 11 is 2.45. The lowest BCUT2D eigenvalue weighted by Crippen LogP contribution is -2.37. The summed E-state index contributed by atoms with van der Waals surface area (Å²) < 4.78 is 0. The molecule has 1 fully saturated rings. The van der Waals surface area contributed by atoms with Crippen LogP contribution in [-0.2, 0) is 16.0 Å². The van der Waals surface area contributed by atoms with Crippen molar-refractivity contribution in [2.75, 3.05) is 13.1 Å². The summed E-state index contributed by atoms with van der Waals surface area (Å²) in [7, 11) is 0. The Morgan fingerprint density at radius 2 is 2.03 bits per heavy atom. The van der Waals surface area contributed by atoms with E-state index in [0.29, 0.717) is 11.3 Å². The Balaban J connectivity index is 1.21. The maximum Gasteiger partial charge on any atom is 0.293 e. The van der Waals surface area contributed by atoms with E-state index < -0.39 is 0 Å². The van der Waals surface area contributed by atoms with E-state index in [2.05, 4.69) is 16.4 Å². The van der Waals surface area contributed by atoms with Crippen LogP contribution in [0.1, 0.15) is 23.3 Å². The number of benzene rings is 1. The highest BCUT2D eigenvalue weighted by Crippen LogP contribution is 2.32. The summed E-state index contributed by atoms with van der Waals surface area (Å²) in [5, 5.41) is 5.62. The van der Waals surface area contributed by atoms with Gasteiger partial charge in [0.05, 0.1) is 4.91 Å². The normalized spacial score (nSPS) is 15.5. The Labute approximate surface area is 182 Å². The van der Waals surface area contributed by atoms with Gasteiger partial charge in [-0.3, -0.25) is 19.3 Å². The standard InChI is InChI=1S/C22H21N3O3S2/c26-20(9-3-5-15-14-24-18-8-2-1-7-17(15)18)23-10-11-25-21(27)19(30-22(25)28)13-16-6-4-12-29-16/h1-2,4,6-8,12-14,24H,3,5,9-11H2,(H,23,26). The van der Waals surface area contributed by atoms with Gasteiger partial charge in [0, 0.05) is 41.5 Å². The van der Waals surface area contributed by atoms with Gasteiger partial charge in [-0.2, -0.15) is 0 Å². The molecule has 0 atom stereocenters. The molecule has 2 N–H and O–H groups in total. The summed E-state index contributed by atoms with van der Waals surface area (Å²) in [5.41, 5.74) is 2.30. The lowest BCUT2D eigenvalue weighted by Gasteiger charge is -2.13. The summed E-state index contributed by atoms with van der Waals surface area (Å²) in [6.45, 7) is 0.441. The van der Waals surface area contributed by atoms with E-state index in [4.69, 9.17) is 0 Å². The summed E-state index contributed by atoms with van der Waals surface area (Å²) in [4.78, 5) is 42.5. The monoisotopic (exact) mass is 439 g/mol. The number of para-hydroxylation sites is 1. The Hall–Kier alpha value is -2.84. The average molecular weight is 440 g/mol. The molecule has 3 amide bonds. The van der Waals surface area contributed by atoms with Crippen LogP contribution < -0.4 is 5.32 Å². The van der Waals surface area contributed by atoms with Crippen molar-refractivity contribution in [1.29, 1.82) is 0 Å². The van der Waals surface area contributed by atoms with Crippen molar-refractivity contribution < 1.29 is 14.4 Å². The number of carbonyl (C=O) groups excluding carboxylic acids is 3. The van der Waals surface area contributed by atoms with Crippen molar-refractivity contribution in [2.45, 2.75) is 19.3 Å². The molecule has 6 nitrogen and oxygen atoms in total. The first kappa shape index (κ1) is 20.4. The number of H-pyrrole nitrogens is 1. The molecule has 1 saturated heterocycles. The van der Waals surface area contributed by atoms with Gasteiger partial charge in [0.15, 0.2) is 0 Å². The number of amides is 3. The molecule has 0 aliphatic carbocycles. The van der Waals surface area contributed by atoms with Gasteiger partial charge < -0.3 is 10.3 Å². The Kier molecular flexibility index (Phi) is 6.35. The minimum Gasteiger partial charge on any atom is -0.361 e. The number of hydrogen-bond acceptors (Lipinski definition) is 5. The van der Waals surface area contributed by atoms with Gasteiger partial charge in [-0.05, 0) is 53.8 Å². The van der Waals surface area contributed by atoms with E-state index in [1.54, 1.807) is 6.08 Å². The van der Waals surface area contributed by atoms with Crippen molar-refractivity contribution in [3.8, 4) is 0 Å². The molecule has 4 rings (SSSR count). The Morgan fingerprint density at radius 1 is 1.17 bits per heavy atom. The smallest absolute Gasteiger partial charge is 0.293 e. The molecule has 154 valence electrons. The second-order valence-corrected chi connectivity index (χ2v) is 8.88. The molecule has 2 aromatic heterocycles. The molecule has 1 aliphatic heterocycles. The zero-order chi connectivity index (χ0) is 20.9. The molecule has 0 bridgehead atoms. The zero-order valence-electron chi connectivity index (χ0n) is 16.2. The summed E-state index contributed by atoms with van der Waals surface area (Å²) in [5.74, 6) is -0.372. The molecule has 8 heteroatoms. The molecule has 0 unspecified atom stereocenters. The van der Waals surface area contributed by atoms with Gasteiger partial charge in [0.25, 0.3) is 11.1 Å². The predicted octanol–water partition coefficient (Wildman–Crippen LogP) is 4.40. The first-order valence-corrected chi connectivity index (χ1v) is 11.4. The minimum atomic E-state index is -0.299. The molecular weight excluding hydrogens is 418 g/mol. The number of hydrogen-bond donors (Lipinski definition) is 2. The first-order chi connectivity index (χ1) is 14.6. The van der Waals surface area contributed by atoms with Crippen LogP contribution >= 0.6 is 23.1 Å². The quantitative estimate of drug-likeness (QED) is 0.510. The molecule has 0 spiro atoms. The topological polar surface area (TPSA) is 82.3 Å². The van der Waals surface area contributed by atoms with Crippen LogP contribution in [0.2, 0.25) is 0 Å². The second-order valence-electron chi connectivity index (χ2n) is 6.91. The van der Waals surface area contributed by atoms with Crippen molar-refractivity contribution in [3.63, 3.8) is 0 Å². The number of thioether (sulfide) groups is 1. The third-order valence-corrected chi connectivity index (χ3v) is 6.60. The molecule has 30 heavy (non-hydrogen) atoms. The largest absolute Gasteiger partial charge is 0.361 e. The van der Waals surface area contributed by atoms with Gasteiger partial charge in [0.1, 0.15) is 0 Å². The van der Waals surface area contributed by atoms with Crippen molar-refractivity contribution in [3.05, 3.63) is 63.3 Å². The van der Waals surface area contributed by atoms with Crippen LogP contribution in [-0.4, -0.2) is 40.0 Å². The number of aromatic nitrogens is 1. The summed E-state index contributed by atoms with van der Waals surface area (Å²) in [6, 6.07) is 11.9. The fraction of sp³-hybridized carbons (Fsp3) is 0.227. The maximum absolute atomic E-state index is 12.4. The molecule has 3 heterocycles. The number of fused-ring (bicyclic) bond motifs is 1. The third-order valence-electron chi connectivity index (χ3n) is 4.87. The number of aryl methyl sites for hydroxylation is 1. The molecule has 0 radical (unpaired) electrons.